The number of nitrogens with zero attached hydrogens (tertiary/aromatic N) is 1. The largest absolute Gasteiger partial charge is 0.465 e. The number of hydrogen-bond acceptors (Lipinski definition) is 4. The van der Waals surface area contributed by atoms with Crippen molar-refractivity contribution in [2.45, 2.75) is 11.8 Å². The molecule has 0 aliphatic carbocycles. The first-order chi connectivity index (χ1) is 8.61. The first-order valence-corrected chi connectivity index (χ1v) is 6.48. The number of benzene rings is 1. The third kappa shape index (κ3) is 2.64. The number of ether oxygens (including phenoxy) is 1. The van der Waals surface area contributed by atoms with E-state index in [0.29, 0.717) is 10.6 Å². The van der Waals surface area contributed by atoms with Crippen molar-refractivity contribution in [3.05, 3.63) is 24.0 Å². The van der Waals surface area contributed by atoms with Crippen molar-refractivity contribution in [2.24, 2.45) is 0 Å². The second kappa shape index (κ2) is 5.39. The molecule has 1 aromatic rings. The molecule has 0 unspecified atom stereocenters. The fourth-order valence-corrected chi connectivity index (χ4v) is 2.64. The van der Waals surface area contributed by atoms with Crippen LogP contribution in [0.4, 0.5) is 10.1 Å². The molecule has 0 saturated heterocycles. The second-order valence-electron chi connectivity index (χ2n) is 3.69. The molecular formula is C12H12FNO3S. The Morgan fingerprint density at radius 1 is 1.56 bits per heavy atom. The zero-order valence-corrected chi connectivity index (χ0v) is 10.6. The summed E-state index contributed by atoms with van der Waals surface area (Å²) in [6.45, 7) is 1.84. The van der Waals surface area contributed by atoms with E-state index in [1.165, 1.54) is 34.9 Å². The van der Waals surface area contributed by atoms with Gasteiger partial charge in [-0.2, -0.15) is 0 Å². The lowest BCUT2D eigenvalue weighted by atomic mass is 10.2. The van der Waals surface area contributed by atoms with Gasteiger partial charge in [-0.3, -0.25) is 14.5 Å². The van der Waals surface area contributed by atoms with E-state index in [1.807, 2.05) is 0 Å². The lowest BCUT2D eigenvalue weighted by Crippen LogP contribution is -2.39. The Bertz CT molecular complexity index is 492. The van der Waals surface area contributed by atoms with Gasteiger partial charge in [-0.25, -0.2) is 4.39 Å². The van der Waals surface area contributed by atoms with Gasteiger partial charge in [0.25, 0.3) is 0 Å². The highest BCUT2D eigenvalue weighted by Crippen LogP contribution is 2.35. The number of anilines is 1. The predicted octanol–water partition coefficient (Wildman–Crippen LogP) is 1.83. The van der Waals surface area contributed by atoms with Crippen LogP contribution in [0.25, 0.3) is 0 Å². The molecule has 1 aliphatic heterocycles. The van der Waals surface area contributed by atoms with Crippen LogP contribution in [0.2, 0.25) is 0 Å². The topological polar surface area (TPSA) is 46.6 Å². The van der Waals surface area contributed by atoms with Crippen LogP contribution in [0.1, 0.15) is 6.92 Å². The standard InChI is InChI=1S/C12H12FNO3S/c1-2-17-12(16)6-14-9-4-3-8(13)5-10(9)18-7-11(14)15/h3-5H,2,6-7H2,1H3. The second-order valence-corrected chi connectivity index (χ2v) is 4.70. The van der Waals surface area contributed by atoms with Gasteiger partial charge in [-0.15, -0.1) is 11.8 Å². The Labute approximate surface area is 108 Å². The van der Waals surface area contributed by atoms with Crippen LogP contribution in [0.5, 0.6) is 0 Å². The van der Waals surface area contributed by atoms with Gasteiger partial charge in [0.05, 0.1) is 18.0 Å². The number of fused-ring (bicyclic) bond motifs is 1. The minimum absolute atomic E-state index is 0.133. The van der Waals surface area contributed by atoms with Gasteiger partial charge in [0.2, 0.25) is 5.91 Å². The number of esters is 1. The average molecular weight is 269 g/mol. The van der Waals surface area contributed by atoms with E-state index in [4.69, 9.17) is 4.74 Å². The molecule has 2 rings (SSSR count). The molecule has 1 heterocycles. The van der Waals surface area contributed by atoms with Crippen molar-refractivity contribution >= 4 is 29.3 Å². The van der Waals surface area contributed by atoms with Crippen molar-refractivity contribution in [1.82, 2.24) is 0 Å². The summed E-state index contributed by atoms with van der Waals surface area (Å²) in [5.74, 6) is -0.789. The lowest BCUT2D eigenvalue weighted by Gasteiger charge is -2.27. The molecule has 1 amide bonds. The van der Waals surface area contributed by atoms with E-state index < -0.39 is 5.97 Å². The quantitative estimate of drug-likeness (QED) is 0.785. The number of carbonyl (C=O) groups is 2. The summed E-state index contributed by atoms with van der Waals surface area (Å²) in [5.41, 5.74) is 0.561. The Balaban J connectivity index is 2.25. The van der Waals surface area contributed by atoms with Crippen molar-refractivity contribution < 1.29 is 18.7 Å². The smallest absolute Gasteiger partial charge is 0.326 e. The number of thioether (sulfide) groups is 1. The lowest BCUT2D eigenvalue weighted by molar-refractivity contribution is -0.142. The van der Waals surface area contributed by atoms with E-state index >= 15 is 0 Å². The van der Waals surface area contributed by atoms with Crippen LogP contribution in [-0.2, 0) is 14.3 Å². The highest BCUT2D eigenvalue weighted by Gasteiger charge is 2.27. The zero-order chi connectivity index (χ0) is 13.1. The van der Waals surface area contributed by atoms with Gasteiger partial charge >= 0.3 is 5.97 Å². The molecule has 0 atom stereocenters. The fourth-order valence-electron chi connectivity index (χ4n) is 1.69. The highest BCUT2D eigenvalue weighted by atomic mass is 32.2. The van der Waals surface area contributed by atoms with E-state index in [1.54, 1.807) is 6.92 Å². The minimum Gasteiger partial charge on any atom is -0.465 e. The summed E-state index contributed by atoms with van der Waals surface area (Å²) in [5, 5.41) is 0. The molecule has 0 aromatic heterocycles. The third-order valence-corrected chi connectivity index (χ3v) is 3.49. The van der Waals surface area contributed by atoms with Crippen LogP contribution in [0, 0.1) is 5.82 Å². The third-order valence-electron chi connectivity index (χ3n) is 2.46. The zero-order valence-electron chi connectivity index (χ0n) is 9.81. The van der Waals surface area contributed by atoms with Crippen LogP contribution in [0.3, 0.4) is 0 Å². The van der Waals surface area contributed by atoms with Crippen molar-refractivity contribution in [1.29, 1.82) is 0 Å². The van der Waals surface area contributed by atoms with E-state index in [-0.39, 0.29) is 30.6 Å². The summed E-state index contributed by atoms with van der Waals surface area (Å²) in [6.07, 6.45) is 0. The van der Waals surface area contributed by atoms with Crippen molar-refractivity contribution in [3.8, 4) is 0 Å². The molecule has 1 aliphatic rings. The molecule has 18 heavy (non-hydrogen) atoms. The summed E-state index contributed by atoms with van der Waals surface area (Å²) in [7, 11) is 0. The average Bonchev–Trinajstić information content (AvgIpc) is 2.33. The molecule has 1 aromatic carbocycles. The molecular weight excluding hydrogens is 257 g/mol. The molecule has 0 saturated carbocycles. The summed E-state index contributed by atoms with van der Waals surface area (Å²) in [6, 6.07) is 4.15. The molecule has 96 valence electrons. The van der Waals surface area contributed by atoms with Gasteiger partial charge in [0.1, 0.15) is 12.4 Å². The Hall–Kier alpha value is -1.56. The van der Waals surface area contributed by atoms with E-state index in [9.17, 15) is 14.0 Å². The van der Waals surface area contributed by atoms with Gasteiger partial charge in [0.15, 0.2) is 0 Å². The molecule has 0 fully saturated rings. The first-order valence-electron chi connectivity index (χ1n) is 5.50. The number of amides is 1. The number of hydrogen-bond donors (Lipinski definition) is 0. The Kier molecular flexibility index (Phi) is 3.86. The summed E-state index contributed by atoms with van der Waals surface area (Å²) < 4.78 is 17.9. The Morgan fingerprint density at radius 2 is 2.33 bits per heavy atom. The molecule has 0 radical (unpaired) electrons. The van der Waals surface area contributed by atoms with Crippen LogP contribution < -0.4 is 4.90 Å². The molecule has 0 spiro atoms. The highest BCUT2D eigenvalue weighted by molar-refractivity contribution is 8.00. The number of halogens is 1. The maximum atomic E-state index is 13.1. The van der Waals surface area contributed by atoms with Crippen LogP contribution in [-0.4, -0.2) is 30.8 Å². The fraction of sp³-hybridized carbons (Fsp3) is 0.333. The van der Waals surface area contributed by atoms with Gasteiger partial charge in [-0.1, -0.05) is 0 Å². The van der Waals surface area contributed by atoms with E-state index in [0.717, 1.165) is 0 Å². The maximum Gasteiger partial charge on any atom is 0.326 e. The van der Waals surface area contributed by atoms with Crippen molar-refractivity contribution in [3.63, 3.8) is 0 Å². The number of carbonyl (C=O) groups excluding carboxylic acids is 2. The summed E-state index contributed by atoms with van der Waals surface area (Å²) >= 11 is 1.27. The Morgan fingerprint density at radius 3 is 3.06 bits per heavy atom. The van der Waals surface area contributed by atoms with E-state index in [2.05, 4.69) is 0 Å². The first kappa shape index (κ1) is 12.9. The minimum atomic E-state index is -0.465. The van der Waals surface area contributed by atoms with Gasteiger partial charge in [-0.05, 0) is 25.1 Å². The van der Waals surface area contributed by atoms with Gasteiger partial charge < -0.3 is 4.74 Å². The summed E-state index contributed by atoms with van der Waals surface area (Å²) in [4.78, 5) is 25.2. The van der Waals surface area contributed by atoms with Crippen molar-refractivity contribution in [2.75, 3.05) is 23.8 Å². The molecule has 4 nitrogen and oxygen atoms in total. The number of rotatable bonds is 3. The SMILES string of the molecule is CCOC(=O)CN1C(=O)CSc2cc(F)ccc21. The molecule has 6 heteroatoms. The predicted molar refractivity (Wildman–Crippen MR) is 66.1 cm³/mol. The van der Waals surface area contributed by atoms with Crippen LogP contribution in [0.15, 0.2) is 23.1 Å². The van der Waals surface area contributed by atoms with Crippen LogP contribution >= 0.6 is 11.8 Å². The maximum absolute atomic E-state index is 13.1. The molecule has 0 N–H and O–H groups in total. The monoisotopic (exact) mass is 269 g/mol. The molecule has 0 bridgehead atoms. The van der Waals surface area contributed by atoms with Gasteiger partial charge in [0, 0.05) is 4.90 Å². The normalized spacial score (nSPS) is 14.3.